The molecule has 0 aliphatic heterocycles. The van der Waals surface area contributed by atoms with Crippen molar-refractivity contribution in [3.8, 4) is 0 Å². The summed E-state index contributed by atoms with van der Waals surface area (Å²) in [7, 11) is 0. The molecule has 0 heterocycles. The molecule has 0 aromatic rings. The first kappa shape index (κ1) is 13.1. The van der Waals surface area contributed by atoms with E-state index in [1.54, 1.807) is 5.57 Å². The summed E-state index contributed by atoms with van der Waals surface area (Å²) in [6, 6.07) is 0.713. The SMILES string of the molecule is CCCNC(C1=CCCC1)C1CCC(C)CC1. The van der Waals surface area contributed by atoms with Crippen LogP contribution >= 0.6 is 0 Å². The average molecular weight is 235 g/mol. The van der Waals surface area contributed by atoms with Crippen LogP contribution in [0.25, 0.3) is 0 Å². The van der Waals surface area contributed by atoms with Gasteiger partial charge in [0.15, 0.2) is 0 Å². The molecule has 1 nitrogen and oxygen atoms in total. The highest BCUT2D eigenvalue weighted by molar-refractivity contribution is 5.17. The van der Waals surface area contributed by atoms with Gasteiger partial charge < -0.3 is 5.32 Å². The Morgan fingerprint density at radius 3 is 2.65 bits per heavy atom. The molecular weight excluding hydrogens is 206 g/mol. The second kappa shape index (κ2) is 6.58. The zero-order chi connectivity index (χ0) is 12.1. The van der Waals surface area contributed by atoms with E-state index in [0.29, 0.717) is 6.04 Å². The average Bonchev–Trinajstić information content (AvgIpc) is 2.85. The number of hydrogen-bond donors (Lipinski definition) is 1. The maximum atomic E-state index is 3.83. The molecule has 2 aliphatic rings. The normalized spacial score (nSPS) is 31.3. The number of hydrogen-bond acceptors (Lipinski definition) is 1. The summed E-state index contributed by atoms with van der Waals surface area (Å²) >= 11 is 0. The Kier molecular flexibility index (Phi) is 5.09. The van der Waals surface area contributed by atoms with Crippen molar-refractivity contribution in [2.45, 2.75) is 71.3 Å². The molecule has 0 bridgehead atoms. The molecule has 0 amide bonds. The molecule has 1 saturated carbocycles. The molecule has 2 aliphatic carbocycles. The van der Waals surface area contributed by atoms with Gasteiger partial charge in [0, 0.05) is 6.04 Å². The van der Waals surface area contributed by atoms with Crippen molar-refractivity contribution >= 4 is 0 Å². The molecule has 0 aromatic carbocycles. The standard InChI is InChI=1S/C16H29N/c1-3-12-17-16(14-6-4-5-7-14)15-10-8-13(2)9-11-15/h6,13,15-17H,3-5,7-12H2,1-2H3. The largest absolute Gasteiger partial charge is 0.310 e. The van der Waals surface area contributed by atoms with Gasteiger partial charge in [-0.3, -0.25) is 0 Å². The summed E-state index contributed by atoms with van der Waals surface area (Å²) in [5, 5.41) is 3.83. The highest BCUT2D eigenvalue weighted by atomic mass is 14.9. The highest BCUT2D eigenvalue weighted by Crippen LogP contribution is 2.35. The van der Waals surface area contributed by atoms with Crippen LogP contribution in [0.1, 0.15) is 65.2 Å². The highest BCUT2D eigenvalue weighted by Gasteiger charge is 2.28. The molecular formula is C16H29N. The van der Waals surface area contributed by atoms with Crippen LogP contribution in [0.2, 0.25) is 0 Å². The summed E-state index contributed by atoms with van der Waals surface area (Å²) in [5.74, 6) is 1.89. The van der Waals surface area contributed by atoms with Gasteiger partial charge in [0.25, 0.3) is 0 Å². The molecule has 0 saturated heterocycles. The summed E-state index contributed by atoms with van der Waals surface area (Å²) in [6.07, 6.45) is 13.6. The lowest BCUT2D eigenvalue weighted by Gasteiger charge is -2.34. The zero-order valence-corrected chi connectivity index (χ0v) is 11.7. The van der Waals surface area contributed by atoms with Gasteiger partial charge in [-0.1, -0.05) is 38.3 Å². The van der Waals surface area contributed by atoms with Crippen LogP contribution in [-0.2, 0) is 0 Å². The molecule has 1 atom stereocenters. The minimum atomic E-state index is 0.713. The predicted octanol–water partition coefficient (Wildman–Crippen LogP) is 4.29. The third-order valence-corrected chi connectivity index (χ3v) is 4.62. The fourth-order valence-electron chi connectivity index (χ4n) is 3.50. The summed E-state index contributed by atoms with van der Waals surface area (Å²) < 4.78 is 0. The first-order valence-corrected chi connectivity index (χ1v) is 7.73. The fraction of sp³-hybridized carbons (Fsp3) is 0.875. The lowest BCUT2D eigenvalue weighted by atomic mass is 9.77. The van der Waals surface area contributed by atoms with Crippen LogP contribution in [-0.4, -0.2) is 12.6 Å². The molecule has 1 unspecified atom stereocenters. The van der Waals surface area contributed by atoms with Crippen LogP contribution in [0.5, 0.6) is 0 Å². The van der Waals surface area contributed by atoms with E-state index in [2.05, 4.69) is 25.2 Å². The first-order valence-electron chi connectivity index (χ1n) is 7.73. The topological polar surface area (TPSA) is 12.0 Å². The van der Waals surface area contributed by atoms with Crippen molar-refractivity contribution in [2.24, 2.45) is 11.8 Å². The third-order valence-electron chi connectivity index (χ3n) is 4.62. The van der Waals surface area contributed by atoms with E-state index in [-0.39, 0.29) is 0 Å². The number of nitrogens with one attached hydrogen (secondary N) is 1. The van der Waals surface area contributed by atoms with Crippen molar-refractivity contribution in [2.75, 3.05) is 6.54 Å². The molecule has 0 aromatic heterocycles. The van der Waals surface area contributed by atoms with Crippen molar-refractivity contribution < 1.29 is 0 Å². The lowest BCUT2D eigenvalue weighted by molar-refractivity contribution is 0.246. The lowest BCUT2D eigenvalue weighted by Crippen LogP contribution is -2.39. The van der Waals surface area contributed by atoms with E-state index in [0.717, 1.165) is 11.8 Å². The predicted molar refractivity (Wildman–Crippen MR) is 75.1 cm³/mol. The van der Waals surface area contributed by atoms with Crippen LogP contribution in [0, 0.1) is 11.8 Å². The van der Waals surface area contributed by atoms with Crippen LogP contribution in [0.4, 0.5) is 0 Å². The van der Waals surface area contributed by atoms with Gasteiger partial charge in [-0.05, 0) is 56.9 Å². The Morgan fingerprint density at radius 1 is 1.29 bits per heavy atom. The van der Waals surface area contributed by atoms with Gasteiger partial charge >= 0.3 is 0 Å². The van der Waals surface area contributed by atoms with Crippen molar-refractivity contribution in [3.63, 3.8) is 0 Å². The van der Waals surface area contributed by atoms with E-state index in [1.807, 2.05) is 0 Å². The maximum Gasteiger partial charge on any atom is 0.0307 e. The molecule has 1 N–H and O–H groups in total. The van der Waals surface area contributed by atoms with Crippen LogP contribution < -0.4 is 5.32 Å². The zero-order valence-electron chi connectivity index (χ0n) is 11.7. The van der Waals surface area contributed by atoms with Crippen molar-refractivity contribution in [1.82, 2.24) is 5.32 Å². The fourth-order valence-corrected chi connectivity index (χ4v) is 3.50. The molecule has 17 heavy (non-hydrogen) atoms. The van der Waals surface area contributed by atoms with E-state index in [1.165, 1.54) is 57.9 Å². The molecule has 0 radical (unpaired) electrons. The van der Waals surface area contributed by atoms with Crippen molar-refractivity contribution in [1.29, 1.82) is 0 Å². The van der Waals surface area contributed by atoms with Gasteiger partial charge in [0.1, 0.15) is 0 Å². The van der Waals surface area contributed by atoms with E-state index in [9.17, 15) is 0 Å². The molecule has 1 heteroatoms. The Bertz CT molecular complexity index is 248. The molecule has 1 fully saturated rings. The minimum Gasteiger partial charge on any atom is -0.310 e. The third kappa shape index (κ3) is 3.58. The van der Waals surface area contributed by atoms with Gasteiger partial charge in [0.05, 0.1) is 0 Å². The summed E-state index contributed by atoms with van der Waals surface area (Å²) in [5.41, 5.74) is 1.73. The van der Waals surface area contributed by atoms with E-state index >= 15 is 0 Å². The summed E-state index contributed by atoms with van der Waals surface area (Å²) in [4.78, 5) is 0. The van der Waals surface area contributed by atoms with Crippen LogP contribution in [0.15, 0.2) is 11.6 Å². The first-order chi connectivity index (χ1) is 8.31. The minimum absolute atomic E-state index is 0.713. The monoisotopic (exact) mass is 235 g/mol. The maximum absolute atomic E-state index is 3.83. The van der Waals surface area contributed by atoms with Gasteiger partial charge in [-0.25, -0.2) is 0 Å². The van der Waals surface area contributed by atoms with Crippen molar-refractivity contribution in [3.05, 3.63) is 11.6 Å². The van der Waals surface area contributed by atoms with Gasteiger partial charge in [0.2, 0.25) is 0 Å². The second-order valence-electron chi connectivity index (χ2n) is 6.12. The second-order valence-corrected chi connectivity index (χ2v) is 6.12. The van der Waals surface area contributed by atoms with Gasteiger partial charge in [-0.2, -0.15) is 0 Å². The Balaban J connectivity index is 1.94. The Hall–Kier alpha value is -0.300. The van der Waals surface area contributed by atoms with Crippen LogP contribution in [0.3, 0.4) is 0 Å². The molecule has 0 spiro atoms. The number of allylic oxidation sites excluding steroid dienone is 1. The Morgan fingerprint density at radius 2 is 2.06 bits per heavy atom. The molecule has 2 rings (SSSR count). The molecule has 98 valence electrons. The quantitative estimate of drug-likeness (QED) is 0.701. The summed E-state index contributed by atoms with van der Waals surface area (Å²) in [6.45, 7) is 5.88. The van der Waals surface area contributed by atoms with E-state index in [4.69, 9.17) is 0 Å². The van der Waals surface area contributed by atoms with Gasteiger partial charge in [-0.15, -0.1) is 0 Å². The van der Waals surface area contributed by atoms with E-state index < -0.39 is 0 Å². The Labute approximate surface area is 107 Å². The smallest absolute Gasteiger partial charge is 0.0307 e. The number of rotatable bonds is 5.